The van der Waals surface area contributed by atoms with Gasteiger partial charge in [0.2, 0.25) is 0 Å². The van der Waals surface area contributed by atoms with Gasteiger partial charge in [0.25, 0.3) is 0 Å². The van der Waals surface area contributed by atoms with Crippen molar-refractivity contribution in [1.29, 1.82) is 0 Å². The van der Waals surface area contributed by atoms with Crippen molar-refractivity contribution in [3.63, 3.8) is 0 Å². The van der Waals surface area contributed by atoms with Crippen molar-refractivity contribution in [2.45, 2.75) is 66.6 Å². The molecule has 0 radical (unpaired) electrons. The SMILES string of the molecule is CC(C)(C)[Si](C)(C)OCC1CCN(c2cc[c]([Sn]([CH3])([CH3])[CH3])c([N+](=O)[O-])n2)CC1. The second kappa shape index (κ2) is 8.59. The van der Waals surface area contributed by atoms with E-state index in [0.29, 0.717) is 5.92 Å². The van der Waals surface area contributed by atoms with E-state index in [1.54, 1.807) is 0 Å². The van der Waals surface area contributed by atoms with E-state index in [-0.39, 0.29) is 15.8 Å². The number of aromatic nitrogens is 1. The summed E-state index contributed by atoms with van der Waals surface area (Å²) in [6.07, 6.45) is 2.09. The summed E-state index contributed by atoms with van der Waals surface area (Å²) in [6, 6.07) is 3.94. The number of hydrogen-bond acceptors (Lipinski definition) is 5. The zero-order valence-corrected chi connectivity index (χ0v) is 22.7. The fourth-order valence-corrected chi connectivity index (χ4v) is 8.30. The van der Waals surface area contributed by atoms with E-state index < -0.39 is 26.7 Å². The molecule has 0 bridgehead atoms. The van der Waals surface area contributed by atoms with Crippen LogP contribution in [-0.2, 0) is 4.43 Å². The summed E-state index contributed by atoms with van der Waals surface area (Å²) in [5, 5.41) is 11.8. The standard InChI is InChI=1S/C17H28N3O3Si.3CH3.Sn/c1-17(2,3)24(4,5)23-13-14-9-11-19(12-10-14)15-7-6-8-16(18-15)20(21)22;;;;/h6-7,14H,9-13H2,1-5H3;3*1H3;. The topological polar surface area (TPSA) is 68.5 Å². The molecule has 0 aromatic carbocycles. The average Bonchev–Trinajstić information content (AvgIpc) is 2.58. The number of hydrogen-bond donors (Lipinski definition) is 0. The van der Waals surface area contributed by atoms with Gasteiger partial charge in [-0.05, 0) is 0 Å². The third kappa shape index (κ3) is 5.69. The van der Waals surface area contributed by atoms with E-state index in [0.717, 1.165) is 41.9 Å². The van der Waals surface area contributed by atoms with E-state index in [1.807, 2.05) is 12.1 Å². The molecule has 2 heterocycles. The van der Waals surface area contributed by atoms with Gasteiger partial charge in [-0.1, -0.05) is 20.8 Å². The van der Waals surface area contributed by atoms with Crippen LogP contribution >= 0.6 is 0 Å². The molecule has 0 atom stereocenters. The van der Waals surface area contributed by atoms with Crippen LogP contribution in [0.1, 0.15) is 33.6 Å². The average molecular weight is 514 g/mol. The monoisotopic (exact) mass is 515 g/mol. The normalized spacial score (nSPS) is 17.1. The minimum atomic E-state index is -2.57. The van der Waals surface area contributed by atoms with Gasteiger partial charge >= 0.3 is 155 Å². The molecule has 0 amide bonds. The molecule has 6 nitrogen and oxygen atoms in total. The Morgan fingerprint density at radius 1 is 1.25 bits per heavy atom. The number of rotatable bonds is 6. The quantitative estimate of drug-likeness (QED) is 0.311. The molecular formula is C20H37N3O3SiSn. The van der Waals surface area contributed by atoms with Crippen molar-refractivity contribution in [1.82, 2.24) is 4.98 Å². The molecule has 0 saturated carbocycles. The van der Waals surface area contributed by atoms with Crippen LogP contribution in [0.4, 0.5) is 11.6 Å². The summed E-state index contributed by atoms with van der Waals surface area (Å²) in [7, 11) is -1.71. The van der Waals surface area contributed by atoms with Gasteiger partial charge in [-0.15, -0.1) is 0 Å². The summed E-state index contributed by atoms with van der Waals surface area (Å²) >= 11 is -2.57. The summed E-state index contributed by atoms with van der Waals surface area (Å²) in [5.74, 6) is 1.38. The van der Waals surface area contributed by atoms with Gasteiger partial charge < -0.3 is 0 Å². The Morgan fingerprint density at radius 3 is 2.29 bits per heavy atom. The maximum absolute atomic E-state index is 11.6. The Kier molecular flexibility index (Phi) is 7.24. The fraction of sp³-hybridized carbons (Fsp3) is 0.750. The zero-order valence-electron chi connectivity index (χ0n) is 18.8. The number of piperidine rings is 1. The van der Waals surface area contributed by atoms with Crippen LogP contribution in [0, 0.1) is 16.0 Å². The Labute approximate surface area is 175 Å². The van der Waals surface area contributed by atoms with Gasteiger partial charge in [0.1, 0.15) is 0 Å². The molecule has 28 heavy (non-hydrogen) atoms. The number of nitro groups is 1. The van der Waals surface area contributed by atoms with E-state index in [4.69, 9.17) is 4.43 Å². The van der Waals surface area contributed by atoms with Gasteiger partial charge in [0.15, 0.2) is 0 Å². The molecule has 1 aromatic rings. The van der Waals surface area contributed by atoms with Crippen LogP contribution in [0.15, 0.2) is 12.1 Å². The summed E-state index contributed by atoms with van der Waals surface area (Å²) in [4.78, 5) is 24.5. The maximum atomic E-state index is 11.6. The summed E-state index contributed by atoms with van der Waals surface area (Å²) < 4.78 is 7.29. The molecule has 158 valence electrons. The first kappa shape index (κ1) is 23.6. The van der Waals surface area contributed by atoms with Gasteiger partial charge in [-0.2, -0.15) is 0 Å². The molecule has 0 N–H and O–H groups in total. The van der Waals surface area contributed by atoms with Crippen molar-refractivity contribution in [2.24, 2.45) is 5.92 Å². The predicted molar refractivity (Wildman–Crippen MR) is 122 cm³/mol. The van der Waals surface area contributed by atoms with Crippen LogP contribution in [-0.4, -0.2) is 56.3 Å². The Hall–Kier alpha value is -0.674. The van der Waals surface area contributed by atoms with Crippen molar-refractivity contribution in [3.05, 3.63) is 22.2 Å². The number of anilines is 1. The number of nitrogens with zero attached hydrogens (tertiary/aromatic N) is 3. The van der Waals surface area contributed by atoms with Crippen LogP contribution in [0.5, 0.6) is 0 Å². The van der Waals surface area contributed by atoms with E-state index in [2.05, 4.69) is 58.6 Å². The molecule has 1 aliphatic rings. The summed E-state index contributed by atoms with van der Waals surface area (Å²) in [5.41, 5.74) is 0. The van der Waals surface area contributed by atoms with Gasteiger partial charge in [-0.25, -0.2) is 0 Å². The molecule has 0 aliphatic carbocycles. The first-order valence-corrected chi connectivity index (χ1v) is 23.2. The third-order valence-corrected chi connectivity index (χ3v) is 16.5. The molecule has 1 saturated heterocycles. The van der Waals surface area contributed by atoms with E-state index >= 15 is 0 Å². The van der Waals surface area contributed by atoms with Crippen LogP contribution < -0.4 is 8.48 Å². The van der Waals surface area contributed by atoms with Gasteiger partial charge in [0.05, 0.1) is 0 Å². The molecule has 0 unspecified atom stereocenters. The van der Waals surface area contributed by atoms with Crippen LogP contribution in [0.2, 0.25) is 33.0 Å². The Morgan fingerprint density at radius 2 is 1.82 bits per heavy atom. The second-order valence-corrected chi connectivity index (χ2v) is 29.7. The third-order valence-electron chi connectivity index (χ3n) is 6.27. The summed E-state index contributed by atoms with van der Waals surface area (Å²) in [6.45, 7) is 14.0. The van der Waals surface area contributed by atoms with Crippen LogP contribution in [0.3, 0.4) is 0 Å². The molecule has 2 rings (SSSR count). The zero-order chi connectivity index (χ0) is 21.3. The molecule has 8 heteroatoms. The fourth-order valence-electron chi connectivity index (χ4n) is 3.21. The van der Waals surface area contributed by atoms with E-state index in [1.165, 1.54) is 0 Å². The second-order valence-electron chi connectivity index (χ2n) is 10.5. The molecule has 1 aliphatic heterocycles. The Balaban J connectivity index is 2.02. The van der Waals surface area contributed by atoms with Crippen molar-refractivity contribution in [3.8, 4) is 0 Å². The van der Waals surface area contributed by atoms with Gasteiger partial charge in [-0.3, -0.25) is 0 Å². The van der Waals surface area contributed by atoms with Gasteiger partial charge in [0, 0.05) is 0 Å². The van der Waals surface area contributed by atoms with Crippen molar-refractivity contribution >= 4 is 41.9 Å². The van der Waals surface area contributed by atoms with Crippen molar-refractivity contribution in [2.75, 3.05) is 24.6 Å². The first-order chi connectivity index (χ1) is 12.7. The van der Waals surface area contributed by atoms with E-state index in [9.17, 15) is 10.1 Å². The minimum absolute atomic E-state index is 0.0733. The molecule has 1 fully saturated rings. The Bertz CT molecular complexity index is 706. The molecular weight excluding hydrogens is 477 g/mol. The number of pyridine rings is 1. The van der Waals surface area contributed by atoms with Crippen molar-refractivity contribution < 1.29 is 9.35 Å². The first-order valence-electron chi connectivity index (χ1n) is 10.3. The molecule has 1 aromatic heterocycles. The van der Waals surface area contributed by atoms with Crippen LogP contribution in [0.25, 0.3) is 0 Å². The predicted octanol–water partition coefficient (Wildman–Crippen LogP) is 4.77. The molecule has 0 spiro atoms.